The minimum atomic E-state index is -0.476. The summed E-state index contributed by atoms with van der Waals surface area (Å²) in [5.41, 5.74) is 5.79. The first-order valence-corrected chi connectivity index (χ1v) is 16.9. The van der Waals surface area contributed by atoms with E-state index in [1.165, 1.54) is 34.7 Å². The average molecular weight is 675 g/mol. The largest absolute Gasteiger partial charge is 0.508 e. The summed E-state index contributed by atoms with van der Waals surface area (Å²) < 4.78 is 24.4. The Kier molecular flexibility index (Phi) is 7.84. The highest BCUT2D eigenvalue weighted by Crippen LogP contribution is 2.38. The van der Waals surface area contributed by atoms with Gasteiger partial charge in [0.1, 0.15) is 11.6 Å². The molecule has 5 aromatic rings. The van der Waals surface area contributed by atoms with Crippen LogP contribution in [0.3, 0.4) is 0 Å². The van der Waals surface area contributed by atoms with Crippen LogP contribution in [0.2, 0.25) is 0 Å². The number of hydrogen-bond donors (Lipinski definition) is 1. The SMILES string of the molecule is Cc1c(C(=O)N(c2ccc(O)cc2)c2cnn(C)c2)cc(-c2cc(F)ccc2C(=O)N2Cc3ccccc3C[C@H]2CN2CC3(CCO3)C2)n1C. The van der Waals surface area contributed by atoms with E-state index in [2.05, 4.69) is 22.1 Å². The van der Waals surface area contributed by atoms with Gasteiger partial charge >= 0.3 is 0 Å². The van der Waals surface area contributed by atoms with E-state index in [9.17, 15) is 14.7 Å². The molecule has 0 radical (unpaired) electrons. The second-order valence-electron chi connectivity index (χ2n) is 13.8. The predicted molar refractivity (Wildman–Crippen MR) is 187 cm³/mol. The number of rotatable bonds is 7. The molecule has 50 heavy (non-hydrogen) atoms. The summed E-state index contributed by atoms with van der Waals surface area (Å²) in [6.07, 6.45) is 5.14. The number of fused-ring (bicyclic) bond motifs is 1. The number of ether oxygens (including phenoxy) is 1. The summed E-state index contributed by atoms with van der Waals surface area (Å²) in [6, 6.07) is 20.5. The van der Waals surface area contributed by atoms with Gasteiger partial charge in [-0.05, 0) is 73.0 Å². The second-order valence-corrected chi connectivity index (χ2v) is 13.8. The molecular formula is C39H39FN6O4. The number of phenolic OH excluding ortho intramolecular Hbond substituents is 1. The van der Waals surface area contributed by atoms with Gasteiger partial charge in [0, 0.05) is 87.1 Å². The van der Waals surface area contributed by atoms with E-state index in [4.69, 9.17) is 4.74 Å². The number of carbonyl (C=O) groups excluding carboxylic acids is 2. The number of hydrogen-bond acceptors (Lipinski definition) is 6. The lowest BCUT2D eigenvalue weighted by Gasteiger charge is -2.56. The van der Waals surface area contributed by atoms with Crippen LogP contribution >= 0.6 is 0 Å². The van der Waals surface area contributed by atoms with Gasteiger partial charge in [-0.2, -0.15) is 5.10 Å². The molecule has 256 valence electrons. The molecular weight excluding hydrogens is 635 g/mol. The van der Waals surface area contributed by atoms with Gasteiger partial charge in [0.05, 0.1) is 29.7 Å². The highest BCUT2D eigenvalue weighted by Gasteiger charge is 2.50. The minimum Gasteiger partial charge on any atom is -0.508 e. The van der Waals surface area contributed by atoms with Crippen LogP contribution in [0.4, 0.5) is 15.8 Å². The highest BCUT2D eigenvalue weighted by molar-refractivity contribution is 6.12. The van der Waals surface area contributed by atoms with E-state index in [-0.39, 0.29) is 29.2 Å². The zero-order valence-corrected chi connectivity index (χ0v) is 28.3. The van der Waals surface area contributed by atoms with E-state index >= 15 is 4.39 Å². The van der Waals surface area contributed by atoms with Crippen molar-refractivity contribution >= 4 is 23.2 Å². The lowest BCUT2D eigenvalue weighted by Crippen LogP contribution is -2.69. The molecule has 3 aliphatic rings. The summed E-state index contributed by atoms with van der Waals surface area (Å²) in [5.74, 6) is -0.907. The predicted octanol–water partition coefficient (Wildman–Crippen LogP) is 5.60. The summed E-state index contributed by atoms with van der Waals surface area (Å²) in [5, 5.41) is 14.2. The number of nitrogens with zero attached hydrogens (tertiary/aromatic N) is 6. The quantitative estimate of drug-likeness (QED) is 0.242. The standard InChI is InChI=1S/C39H39FN6O4/c1-25-34(38(49)46(31-19-41-42(2)21-31)29-9-11-32(47)12-10-29)18-36(43(25)3)35-17-28(40)8-13-33(35)37(48)45-20-27-7-5-4-6-26(27)16-30(45)22-44-23-39(24-44)14-15-50-39/h4-13,17-19,21,30,47H,14-16,20,22-24H2,1-3H3/t30-/m0/s1. The van der Waals surface area contributed by atoms with Crippen LogP contribution in [0.5, 0.6) is 5.75 Å². The van der Waals surface area contributed by atoms with Gasteiger partial charge in [0.2, 0.25) is 0 Å². The zero-order chi connectivity index (χ0) is 34.7. The van der Waals surface area contributed by atoms with Crippen LogP contribution in [0.15, 0.2) is 85.2 Å². The number of halogens is 1. The zero-order valence-electron chi connectivity index (χ0n) is 28.3. The van der Waals surface area contributed by atoms with Crippen LogP contribution in [0.25, 0.3) is 11.3 Å². The Hall–Kier alpha value is -5.26. The summed E-state index contributed by atoms with van der Waals surface area (Å²) >= 11 is 0. The van der Waals surface area contributed by atoms with E-state index in [0.29, 0.717) is 46.0 Å². The van der Waals surface area contributed by atoms with Gasteiger partial charge in [-0.3, -0.25) is 24.1 Å². The van der Waals surface area contributed by atoms with Crippen molar-refractivity contribution in [2.75, 3.05) is 31.1 Å². The summed E-state index contributed by atoms with van der Waals surface area (Å²) in [7, 11) is 3.59. The monoisotopic (exact) mass is 674 g/mol. The van der Waals surface area contributed by atoms with Crippen LogP contribution < -0.4 is 4.90 Å². The van der Waals surface area contributed by atoms with Crippen molar-refractivity contribution < 1.29 is 23.8 Å². The summed E-state index contributed by atoms with van der Waals surface area (Å²) in [6.45, 7) is 5.56. The van der Waals surface area contributed by atoms with Crippen molar-refractivity contribution in [3.8, 4) is 17.0 Å². The lowest BCUT2D eigenvalue weighted by atomic mass is 9.85. The molecule has 2 fully saturated rings. The molecule has 0 saturated carbocycles. The van der Waals surface area contributed by atoms with Gasteiger partial charge in [-0.15, -0.1) is 0 Å². The minimum absolute atomic E-state index is 0.0139. The Balaban J connectivity index is 1.15. The van der Waals surface area contributed by atoms with Crippen molar-refractivity contribution in [1.82, 2.24) is 24.1 Å². The fourth-order valence-electron chi connectivity index (χ4n) is 7.70. The molecule has 3 aliphatic heterocycles. The number of aryl methyl sites for hydroxylation is 1. The Morgan fingerprint density at radius 2 is 1.74 bits per heavy atom. The van der Waals surface area contributed by atoms with Gasteiger partial charge in [-0.1, -0.05) is 24.3 Å². The van der Waals surface area contributed by atoms with Crippen LogP contribution in [-0.4, -0.2) is 79.0 Å². The number of anilines is 2. The van der Waals surface area contributed by atoms with Crippen molar-refractivity contribution in [2.24, 2.45) is 14.1 Å². The molecule has 1 spiro atoms. The van der Waals surface area contributed by atoms with Gasteiger partial charge in [0.25, 0.3) is 11.8 Å². The first-order chi connectivity index (χ1) is 24.1. The molecule has 0 aliphatic carbocycles. The maximum atomic E-state index is 15.1. The highest BCUT2D eigenvalue weighted by atomic mass is 19.1. The van der Waals surface area contributed by atoms with Crippen molar-refractivity contribution in [3.05, 3.63) is 119 Å². The number of aromatic nitrogens is 3. The molecule has 11 heteroatoms. The molecule has 10 nitrogen and oxygen atoms in total. The number of benzene rings is 3. The van der Waals surface area contributed by atoms with Crippen molar-refractivity contribution in [3.63, 3.8) is 0 Å². The molecule has 8 rings (SSSR count). The fourth-order valence-corrected chi connectivity index (χ4v) is 7.70. The van der Waals surface area contributed by atoms with Crippen LogP contribution in [-0.2, 0) is 31.8 Å². The second kappa shape index (κ2) is 12.3. The average Bonchev–Trinajstić information content (AvgIpc) is 3.63. The third kappa shape index (κ3) is 5.56. The number of amides is 2. The number of carbonyl (C=O) groups is 2. The Morgan fingerprint density at radius 1 is 1.00 bits per heavy atom. The van der Waals surface area contributed by atoms with Crippen molar-refractivity contribution in [1.29, 1.82) is 0 Å². The fraction of sp³-hybridized carbons (Fsp3) is 0.308. The molecule has 2 saturated heterocycles. The smallest absolute Gasteiger partial charge is 0.264 e. The van der Waals surface area contributed by atoms with Gasteiger partial charge in [-0.25, -0.2) is 4.39 Å². The molecule has 1 atom stereocenters. The van der Waals surface area contributed by atoms with Crippen LogP contribution in [0.1, 0.15) is 44.0 Å². The van der Waals surface area contributed by atoms with E-state index in [0.717, 1.165) is 44.6 Å². The maximum absolute atomic E-state index is 15.1. The topological polar surface area (TPSA) is 96.1 Å². The molecule has 2 aromatic heterocycles. The Labute approximate surface area is 289 Å². The normalized spacial score (nSPS) is 18.0. The molecule has 1 N–H and O–H groups in total. The summed E-state index contributed by atoms with van der Waals surface area (Å²) in [4.78, 5) is 34.9. The molecule has 2 amide bonds. The molecule has 3 aromatic carbocycles. The van der Waals surface area contributed by atoms with E-state index < -0.39 is 5.82 Å². The molecule has 0 unspecified atom stereocenters. The first-order valence-electron chi connectivity index (χ1n) is 16.9. The van der Waals surface area contributed by atoms with E-state index in [1.54, 1.807) is 48.4 Å². The lowest BCUT2D eigenvalue weighted by molar-refractivity contribution is -0.223. The first kappa shape index (κ1) is 32.0. The van der Waals surface area contributed by atoms with Crippen LogP contribution in [0, 0.1) is 12.7 Å². The Morgan fingerprint density at radius 3 is 2.42 bits per heavy atom. The van der Waals surface area contributed by atoms with Crippen molar-refractivity contribution in [2.45, 2.75) is 38.0 Å². The third-order valence-electron chi connectivity index (χ3n) is 10.6. The van der Waals surface area contributed by atoms with Gasteiger partial charge < -0.3 is 19.3 Å². The third-order valence-corrected chi connectivity index (χ3v) is 10.6. The Bertz CT molecular complexity index is 2110. The van der Waals surface area contributed by atoms with E-state index in [1.807, 2.05) is 35.6 Å². The number of aromatic hydroxyl groups is 1. The number of likely N-dealkylation sites (tertiary alicyclic amines) is 1. The molecule has 5 heterocycles. The maximum Gasteiger partial charge on any atom is 0.264 e. The van der Waals surface area contributed by atoms with Gasteiger partial charge in [0.15, 0.2) is 0 Å². The molecule has 0 bridgehead atoms. The number of phenols is 1.